The van der Waals surface area contributed by atoms with Gasteiger partial charge in [0.05, 0.1) is 17.6 Å². The van der Waals surface area contributed by atoms with Crippen LogP contribution >= 0.6 is 45.2 Å². The van der Waals surface area contributed by atoms with Gasteiger partial charge in [0.25, 0.3) is 11.6 Å². The summed E-state index contributed by atoms with van der Waals surface area (Å²) >= 11 is 4.18. The fourth-order valence-electron chi connectivity index (χ4n) is 2.91. The van der Waals surface area contributed by atoms with Crippen molar-refractivity contribution in [2.45, 2.75) is 6.61 Å². The molecule has 0 fully saturated rings. The minimum Gasteiger partial charge on any atom is -0.487 e. The molecule has 2 N–H and O–H groups in total. The lowest BCUT2D eigenvalue weighted by atomic mass is 10.1. The van der Waals surface area contributed by atoms with Gasteiger partial charge in [-0.25, -0.2) is 4.79 Å². The molecule has 0 aliphatic heterocycles. The molecule has 0 saturated carbocycles. The molecule has 176 valence electrons. The molecule has 11 heteroatoms. The zero-order valence-electron chi connectivity index (χ0n) is 17.7. The van der Waals surface area contributed by atoms with E-state index in [1.165, 1.54) is 42.5 Å². The summed E-state index contributed by atoms with van der Waals surface area (Å²) in [7, 11) is 0. The first-order valence-electron chi connectivity index (χ1n) is 9.79. The lowest BCUT2D eigenvalue weighted by Gasteiger charge is -2.12. The van der Waals surface area contributed by atoms with E-state index >= 15 is 0 Å². The van der Waals surface area contributed by atoms with Crippen LogP contribution in [0, 0.1) is 28.6 Å². The highest BCUT2D eigenvalue weighted by molar-refractivity contribution is 14.1. The lowest BCUT2D eigenvalue weighted by molar-refractivity contribution is -0.384. The Kier molecular flexibility index (Phi) is 8.77. The lowest BCUT2D eigenvalue weighted by Crippen LogP contribution is -2.13. The Hall–Kier alpha value is -3.51. The van der Waals surface area contributed by atoms with E-state index in [1.54, 1.807) is 24.3 Å². The number of ether oxygens (including phenoxy) is 1. The fraction of sp³-hybridized carbons (Fsp3) is 0.0417. The van der Waals surface area contributed by atoms with Crippen molar-refractivity contribution in [3.05, 3.63) is 100 Å². The van der Waals surface area contributed by atoms with Crippen LogP contribution in [0.4, 0.5) is 11.4 Å². The molecule has 0 spiro atoms. The number of aromatic carboxylic acids is 1. The number of nitriles is 1. The fourth-order valence-corrected chi connectivity index (χ4v) is 5.04. The second-order valence-electron chi connectivity index (χ2n) is 7.04. The zero-order valence-corrected chi connectivity index (χ0v) is 22.0. The minimum atomic E-state index is -0.999. The number of amides is 1. The zero-order chi connectivity index (χ0) is 25.5. The van der Waals surface area contributed by atoms with E-state index < -0.39 is 16.8 Å². The van der Waals surface area contributed by atoms with Crippen LogP contribution in [0.2, 0.25) is 0 Å². The smallest absolute Gasteiger partial charge is 0.335 e. The molecule has 0 aliphatic carbocycles. The highest BCUT2D eigenvalue weighted by Crippen LogP contribution is 2.30. The predicted molar refractivity (Wildman–Crippen MR) is 145 cm³/mol. The topological polar surface area (TPSA) is 143 Å². The molecular formula is C24H15I2N3O6. The van der Waals surface area contributed by atoms with Gasteiger partial charge >= 0.3 is 5.97 Å². The summed E-state index contributed by atoms with van der Waals surface area (Å²) < 4.78 is 7.41. The van der Waals surface area contributed by atoms with Crippen molar-refractivity contribution in [1.29, 1.82) is 5.26 Å². The van der Waals surface area contributed by atoms with E-state index in [9.17, 15) is 25.0 Å². The molecule has 0 atom stereocenters. The number of nitro groups is 1. The van der Waals surface area contributed by atoms with Gasteiger partial charge in [0, 0.05) is 17.8 Å². The molecule has 0 aliphatic rings. The van der Waals surface area contributed by atoms with Crippen molar-refractivity contribution in [3.63, 3.8) is 0 Å². The first-order valence-corrected chi connectivity index (χ1v) is 12.0. The highest BCUT2D eigenvalue weighted by atomic mass is 127. The number of non-ortho nitro benzene ring substituents is 1. The number of nitro benzene ring substituents is 1. The summed E-state index contributed by atoms with van der Waals surface area (Å²) in [5.74, 6) is -1.07. The Morgan fingerprint density at radius 3 is 2.34 bits per heavy atom. The van der Waals surface area contributed by atoms with Gasteiger partial charge in [0.2, 0.25) is 0 Å². The normalized spacial score (nSPS) is 10.8. The van der Waals surface area contributed by atoms with E-state index in [4.69, 9.17) is 9.84 Å². The third-order valence-electron chi connectivity index (χ3n) is 4.60. The Bertz CT molecular complexity index is 1360. The first-order chi connectivity index (χ1) is 16.7. The van der Waals surface area contributed by atoms with Crippen molar-refractivity contribution in [3.8, 4) is 11.8 Å². The van der Waals surface area contributed by atoms with E-state index in [0.29, 0.717) is 11.3 Å². The minimum absolute atomic E-state index is 0.171. The number of rotatable bonds is 8. The van der Waals surface area contributed by atoms with Crippen molar-refractivity contribution in [1.82, 2.24) is 0 Å². The average Bonchev–Trinajstić information content (AvgIpc) is 2.82. The number of carbonyl (C=O) groups is 2. The van der Waals surface area contributed by atoms with Gasteiger partial charge in [-0.1, -0.05) is 18.2 Å². The summed E-state index contributed by atoms with van der Waals surface area (Å²) in [4.78, 5) is 33.9. The Morgan fingerprint density at radius 2 is 1.77 bits per heavy atom. The summed E-state index contributed by atoms with van der Waals surface area (Å²) in [6.45, 7) is 0.232. The number of carbonyl (C=O) groups excluding carboxylic acids is 1. The van der Waals surface area contributed by atoms with Crippen LogP contribution in [-0.2, 0) is 11.4 Å². The Morgan fingerprint density at radius 1 is 1.11 bits per heavy atom. The summed E-state index contributed by atoms with van der Waals surface area (Å²) in [6.07, 6.45) is 1.42. The molecule has 35 heavy (non-hydrogen) atoms. The third-order valence-corrected chi connectivity index (χ3v) is 6.20. The molecular weight excluding hydrogens is 680 g/mol. The van der Waals surface area contributed by atoms with Crippen LogP contribution in [0.1, 0.15) is 21.5 Å². The number of anilines is 1. The van der Waals surface area contributed by atoms with Crippen LogP contribution in [0.5, 0.6) is 5.75 Å². The maximum Gasteiger partial charge on any atom is 0.335 e. The third kappa shape index (κ3) is 6.99. The van der Waals surface area contributed by atoms with Crippen molar-refractivity contribution in [2.75, 3.05) is 5.32 Å². The van der Waals surface area contributed by atoms with Gasteiger partial charge in [-0.2, -0.15) is 5.26 Å². The average molecular weight is 695 g/mol. The molecule has 3 rings (SSSR count). The summed E-state index contributed by atoms with van der Waals surface area (Å²) in [5, 5.41) is 31.9. The molecule has 3 aromatic rings. The summed E-state index contributed by atoms with van der Waals surface area (Å²) in [5.41, 5.74) is 1.45. The quantitative estimate of drug-likeness (QED) is 0.102. The second kappa shape index (κ2) is 11.8. The number of nitrogens with one attached hydrogen (secondary N) is 1. The van der Waals surface area contributed by atoms with Gasteiger partial charge in [-0.3, -0.25) is 14.9 Å². The van der Waals surface area contributed by atoms with Crippen LogP contribution in [0.3, 0.4) is 0 Å². The molecule has 0 radical (unpaired) electrons. The van der Waals surface area contributed by atoms with Gasteiger partial charge < -0.3 is 15.2 Å². The SMILES string of the molecule is N#C/C(=C\c1cc(I)c(OCc2ccc(C(=O)O)cc2)c(I)c1)C(=O)Nc1cccc([N+](=O)[O-])c1. The first kappa shape index (κ1) is 26.1. The number of nitrogens with zero attached hydrogens (tertiary/aromatic N) is 2. The standard InChI is InChI=1S/C24H15I2N3O6/c25-20-9-15(8-17(12-27)23(30)28-18-2-1-3-19(11-18)29(33)34)10-21(26)22(20)35-13-14-4-6-16(7-5-14)24(31)32/h1-11H,13H2,(H,28,30)(H,31,32)/b17-8+. The van der Waals surface area contributed by atoms with Crippen LogP contribution in [-0.4, -0.2) is 21.9 Å². The van der Waals surface area contributed by atoms with Crippen molar-refractivity contribution in [2.24, 2.45) is 0 Å². The number of carboxylic acid groups (broad SMARTS) is 1. The molecule has 0 saturated heterocycles. The molecule has 0 heterocycles. The number of benzene rings is 3. The van der Waals surface area contributed by atoms with Crippen LogP contribution < -0.4 is 10.1 Å². The van der Waals surface area contributed by atoms with E-state index in [0.717, 1.165) is 12.7 Å². The van der Waals surface area contributed by atoms with Gasteiger partial charge in [-0.15, -0.1) is 0 Å². The van der Waals surface area contributed by atoms with Crippen LogP contribution in [0.25, 0.3) is 6.08 Å². The molecule has 9 nitrogen and oxygen atoms in total. The molecule has 3 aromatic carbocycles. The molecule has 0 aromatic heterocycles. The number of hydrogen-bond donors (Lipinski definition) is 2. The Labute approximate surface area is 226 Å². The van der Waals surface area contributed by atoms with Gasteiger partial charge in [-0.05, 0) is 92.7 Å². The van der Waals surface area contributed by atoms with Gasteiger partial charge in [0.15, 0.2) is 0 Å². The van der Waals surface area contributed by atoms with Gasteiger partial charge in [0.1, 0.15) is 24.0 Å². The Balaban J connectivity index is 1.75. The predicted octanol–water partition coefficient (Wildman–Crippen LogP) is 5.63. The van der Waals surface area contributed by atoms with Crippen molar-refractivity contribution >= 4 is 74.5 Å². The van der Waals surface area contributed by atoms with Crippen molar-refractivity contribution < 1.29 is 24.4 Å². The van der Waals surface area contributed by atoms with Crippen LogP contribution in [0.15, 0.2) is 66.2 Å². The van der Waals surface area contributed by atoms with E-state index in [-0.39, 0.29) is 29.1 Å². The summed E-state index contributed by atoms with van der Waals surface area (Å²) in [6, 6.07) is 17.2. The maximum atomic E-state index is 12.6. The second-order valence-corrected chi connectivity index (χ2v) is 9.36. The van der Waals surface area contributed by atoms with E-state index in [1.807, 2.05) is 6.07 Å². The number of carboxylic acids is 1. The largest absolute Gasteiger partial charge is 0.487 e. The monoisotopic (exact) mass is 695 g/mol. The van der Waals surface area contributed by atoms with E-state index in [2.05, 4.69) is 50.5 Å². The molecule has 0 unspecified atom stereocenters. The molecule has 1 amide bonds. The number of halogens is 2. The number of hydrogen-bond acceptors (Lipinski definition) is 6. The maximum absolute atomic E-state index is 12.6. The molecule has 0 bridgehead atoms. The highest BCUT2D eigenvalue weighted by Gasteiger charge is 2.14.